The molecule has 1 aliphatic carbocycles. The second kappa shape index (κ2) is 4.42. The van der Waals surface area contributed by atoms with Crippen LogP contribution in [0.3, 0.4) is 0 Å². The summed E-state index contributed by atoms with van der Waals surface area (Å²) in [5, 5.41) is 4.43. The van der Waals surface area contributed by atoms with E-state index in [0.717, 1.165) is 32.0 Å². The maximum atomic E-state index is 6.27. The molecule has 0 amide bonds. The minimum atomic E-state index is 0.287. The van der Waals surface area contributed by atoms with Crippen molar-refractivity contribution in [1.82, 2.24) is 14.7 Å². The largest absolute Gasteiger partial charge is 0.326 e. The van der Waals surface area contributed by atoms with Crippen molar-refractivity contribution in [1.29, 1.82) is 0 Å². The van der Waals surface area contributed by atoms with Gasteiger partial charge in [-0.25, -0.2) is 0 Å². The van der Waals surface area contributed by atoms with Crippen LogP contribution in [0.1, 0.15) is 44.2 Å². The minimum absolute atomic E-state index is 0.287. The third kappa shape index (κ3) is 2.11. The number of nitrogens with two attached hydrogens (primary N) is 1. The van der Waals surface area contributed by atoms with Crippen LogP contribution in [-0.4, -0.2) is 33.3 Å². The van der Waals surface area contributed by atoms with Gasteiger partial charge in [-0.05, 0) is 25.7 Å². The highest BCUT2D eigenvalue weighted by Gasteiger charge is 2.41. The molecule has 1 aromatic rings. The predicted molar refractivity (Wildman–Crippen MR) is 67.6 cm³/mol. The quantitative estimate of drug-likeness (QED) is 0.859. The third-order valence-corrected chi connectivity index (χ3v) is 3.95. The van der Waals surface area contributed by atoms with Crippen molar-refractivity contribution in [2.24, 2.45) is 5.73 Å². The van der Waals surface area contributed by atoms with Crippen LogP contribution in [0.2, 0.25) is 0 Å². The van der Waals surface area contributed by atoms with Crippen molar-refractivity contribution in [3.05, 3.63) is 18.0 Å². The van der Waals surface area contributed by atoms with Gasteiger partial charge in [0.2, 0.25) is 0 Å². The van der Waals surface area contributed by atoms with Crippen LogP contribution in [0.25, 0.3) is 0 Å². The van der Waals surface area contributed by atoms with E-state index in [2.05, 4.69) is 23.1 Å². The van der Waals surface area contributed by atoms with Crippen molar-refractivity contribution in [2.45, 2.75) is 57.3 Å². The maximum Gasteiger partial charge on any atom is 0.0538 e. The van der Waals surface area contributed by atoms with E-state index in [0.29, 0.717) is 6.04 Å². The summed E-state index contributed by atoms with van der Waals surface area (Å²) in [6.45, 7) is 4.35. The zero-order chi connectivity index (χ0) is 11.8. The molecule has 2 heterocycles. The van der Waals surface area contributed by atoms with E-state index in [1.807, 2.05) is 10.9 Å². The highest BCUT2D eigenvalue weighted by molar-refractivity contribution is 5.17. The Morgan fingerprint density at radius 1 is 1.41 bits per heavy atom. The molecule has 3 rings (SSSR count). The fourth-order valence-electron chi connectivity index (χ4n) is 2.98. The van der Waals surface area contributed by atoms with Gasteiger partial charge in [-0.2, -0.15) is 5.10 Å². The molecule has 2 atom stereocenters. The molecule has 17 heavy (non-hydrogen) atoms. The van der Waals surface area contributed by atoms with Crippen LogP contribution in [-0.2, 0) is 6.54 Å². The van der Waals surface area contributed by atoms with Crippen molar-refractivity contribution >= 4 is 0 Å². The van der Waals surface area contributed by atoms with E-state index in [4.69, 9.17) is 5.73 Å². The van der Waals surface area contributed by atoms with Crippen LogP contribution in [0.15, 0.2) is 12.4 Å². The fourth-order valence-corrected chi connectivity index (χ4v) is 2.98. The summed E-state index contributed by atoms with van der Waals surface area (Å²) < 4.78 is 2.05. The average molecular weight is 234 g/mol. The van der Waals surface area contributed by atoms with Crippen molar-refractivity contribution < 1.29 is 0 Å². The first-order chi connectivity index (χ1) is 8.29. The topological polar surface area (TPSA) is 47.1 Å². The predicted octanol–water partition coefficient (Wildman–Crippen LogP) is 1.53. The van der Waals surface area contributed by atoms with Gasteiger partial charge in [0.15, 0.2) is 0 Å². The number of nitrogens with zero attached hydrogens (tertiary/aromatic N) is 3. The Kier molecular flexibility index (Phi) is 2.92. The monoisotopic (exact) mass is 234 g/mol. The van der Waals surface area contributed by atoms with Gasteiger partial charge in [0.1, 0.15) is 0 Å². The van der Waals surface area contributed by atoms with E-state index >= 15 is 0 Å². The van der Waals surface area contributed by atoms with E-state index < -0.39 is 0 Å². The van der Waals surface area contributed by atoms with Gasteiger partial charge >= 0.3 is 0 Å². The summed E-state index contributed by atoms with van der Waals surface area (Å²) in [6, 6.07) is 1.49. The summed E-state index contributed by atoms with van der Waals surface area (Å²) in [7, 11) is 0. The van der Waals surface area contributed by atoms with Gasteiger partial charge in [-0.15, -0.1) is 0 Å². The molecule has 1 saturated carbocycles. The SMILES string of the molecule is CCCn1cc(C2C(N)CCN2C2CC2)cn1. The van der Waals surface area contributed by atoms with Crippen LogP contribution >= 0.6 is 0 Å². The molecule has 1 aromatic heterocycles. The van der Waals surface area contributed by atoms with Gasteiger partial charge in [0, 0.05) is 36.9 Å². The molecule has 1 aliphatic heterocycles. The molecule has 0 radical (unpaired) electrons. The summed E-state index contributed by atoms with van der Waals surface area (Å²) in [5.74, 6) is 0. The molecule has 4 nitrogen and oxygen atoms in total. The number of hydrogen-bond donors (Lipinski definition) is 1. The zero-order valence-corrected chi connectivity index (χ0v) is 10.5. The summed E-state index contributed by atoms with van der Waals surface area (Å²) in [4.78, 5) is 2.60. The second-order valence-corrected chi connectivity index (χ2v) is 5.40. The summed E-state index contributed by atoms with van der Waals surface area (Å²) in [6.07, 6.45) is 9.17. The fraction of sp³-hybridized carbons (Fsp3) is 0.769. The molecular weight excluding hydrogens is 212 g/mol. The van der Waals surface area contributed by atoms with Gasteiger partial charge in [0.05, 0.1) is 12.2 Å². The van der Waals surface area contributed by atoms with Crippen molar-refractivity contribution in [3.8, 4) is 0 Å². The first-order valence-electron chi connectivity index (χ1n) is 6.83. The minimum Gasteiger partial charge on any atom is -0.326 e. The Morgan fingerprint density at radius 3 is 2.94 bits per heavy atom. The van der Waals surface area contributed by atoms with E-state index in [1.54, 1.807) is 0 Å². The van der Waals surface area contributed by atoms with Crippen LogP contribution in [0, 0.1) is 0 Å². The molecule has 4 heteroatoms. The number of likely N-dealkylation sites (tertiary alicyclic amines) is 1. The average Bonchev–Trinajstić information content (AvgIpc) is 2.94. The van der Waals surface area contributed by atoms with Gasteiger partial charge in [0.25, 0.3) is 0 Å². The molecule has 2 unspecified atom stereocenters. The smallest absolute Gasteiger partial charge is 0.0538 e. The summed E-state index contributed by atoms with van der Waals surface area (Å²) >= 11 is 0. The Balaban J connectivity index is 1.79. The second-order valence-electron chi connectivity index (χ2n) is 5.40. The lowest BCUT2D eigenvalue weighted by Gasteiger charge is -2.25. The van der Waals surface area contributed by atoms with Gasteiger partial charge in [-0.1, -0.05) is 6.92 Å². The number of aryl methyl sites for hydroxylation is 1. The number of aromatic nitrogens is 2. The molecule has 0 spiro atoms. The molecule has 0 aromatic carbocycles. The van der Waals surface area contributed by atoms with Gasteiger partial charge in [-0.3, -0.25) is 9.58 Å². The first kappa shape index (κ1) is 11.2. The normalized spacial score (nSPS) is 30.0. The molecule has 2 aliphatic rings. The van der Waals surface area contributed by atoms with E-state index in [9.17, 15) is 0 Å². The van der Waals surface area contributed by atoms with Crippen molar-refractivity contribution in [2.75, 3.05) is 6.54 Å². The zero-order valence-electron chi connectivity index (χ0n) is 10.5. The van der Waals surface area contributed by atoms with Crippen LogP contribution in [0.4, 0.5) is 0 Å². The lowest BCUT2D eigenvalue weighted by Crippen LogP contribution is -2.32. The Hall–Kier alpha value is -0.870. The highest BCUT2D eigenvalue weighted by Crippen LogP contribution is 2.40. The third-order valence-electron chi connectivity index (χ3n) is 3.95. The highest BCUT2D eigenvalue weighted by atomic mass is 15.3. The van der Waals surface area contributed by atoms with Crippen LogP contribution in [0.5, 0.6) is 0 Å². The molecule has 94 valence electrons. The molecule has 2 N–H and O–H groups in total. The molecule has 0 bridgehead atoms. The molecule has 2 fully saturated rings. The molecule has 1 saturated heterocycles. The maximum absolute atomic E-state index is 6.27. The van der Waals surface area contributed by atoms with E-state index in [1.165, 1.54) is 18.4 Å². The van der Waals surface area contributed by atoms with Crippen molar-refractivity contribution in [3.63, 3.8) is 0 Å². The number of hydrogen-bond acceptors (Lipinski definition) is 3. The molecular formula is C13H22N4. The number of rotatable bonds is 4. The summed E-state index contributed by atoms with van der Waals surface area (Å²) in [5.41, 5.74) is 7.59. The standard InChI is InChI=1S/C13H22N4/c1-2-6-16-9-10(8-15-16)13-12(14)5-7-17(13)11-3-4-11/h8-9,11-13H,2-7,14H2,1H3. The van der Waals surface area contributed by atoms with Crippen LogP contribution < -0.4 is 5.73 Å². The Morgan fingerprint density at radius 2 is 2.24 bits per heavy atom. The Labute approximate surface area is 103 Å². The lowest BCUT2D eigenvalue weighted by molar-refractivity contribution is 0.237. The lowest BCUT2D eigenvalue weighted by atomic mass is 10.0. The Bertz CT molecular complexity index is 383. The van der Waals surface area contributed by atoms with Gasteiger partial charge < -0.3 is 5.73 Å². The first-order valence-corrected chi connectivity index (χ1v) is 6.83. The van der Waals surface area contributed by atoms with E-state index in [-0.39, 0.29) is 6.04 Å².